The molecule has 236 valence electrons. The van der Waals surface area contributed by atoms with Gasteiger partial charge in [0.2, 0.25) is 0 Å². The highest BCUT2D eigenvalue weighted by Crippen LogP contribution is 2.38. The van der Waals surface area contributed by atoms with Gasteiger partial charge in [0.1, 0.15) is 0 Å². The Hall–Kier alpha value is -6.45. The van der Waals surface area contributed by atoms with Crippen molar-refractivity contribution in [3.8, 4) is 33.6 Å². The summed E-state index contributed by atoms with van der Waals surface area (Å²) in [6, 6.07) is 55.8. The minimum atomic E-state index is -0.0532. The first-order chi connectivity index (χ1) is 24.7. The van der Waals surface area contributed by atoms with Gasteiger partial charge in [0.05, 0.1) is 22.8 Å². The predicted molar refractivity (Wildman–Crippen MR) is 210 cm³/mol. The topological polar surface area (TPSA) is 26.9 Å². The number of nitrogens with zero attached hydrogens (tertiary/aromatic N) is 2. The Bertz CT molecular complexity index is 2900. The highest BCUT2D eigenvalue weighted by atomic mass is 16.1. The van der Waals surface area contributed by atoms with Crippen LogP contribution in [0.4, 0.5) is 0 Å². The molecular formula is C47H32N2O. The molecule has 0 spiro atoms. The van der Waals surface area contributed by atoms with E-state index in [4.69, 9.17) is 0 Å². The van der Waals surface area contributed by atoms with E-state index in [-0.39, 0.29) is 5.69 Å². The first-order valence-corrected chi connectivity index (χ1v) is 17.3. The van der Waals surface area contributed by atoms with E-state index in [2.05, 4.69) is 170 Å². The average molecular weight is 641 g/mol. The minimum absolute atomic E-state index is 0.0532. The van der Waals surface area contributed by atoms with E-state index >= 15 is 0 Å². The van der Waals surface area contributed by atoms with Gasteiger partial charge >= 0.3 is 5.69 Å². The van der Waals surface area contributed by atoms with Crippen LogP contribution in [0.5, 0.6) is 0 Å². The van der Waals surface area contributed by atoms with Gasteiger partial charge in [-0.25, -0.2) is 4.79 Å². The summed E-state index contributed by atoms with van der Waals surface area (Å²) in [6.45, 7) is 0. The van der Waals surface area contributed by atoms with Gasteiger partial charge in [-0.3, -0.25) is 9.13 Å². The molecule has 1 aliphatic rings. The third-order valence-electron chi connectivity index (χ3n) is 10.4. The second-order valence-corrected chi connectivity index (χ2v) is 13.2. The summed E-state index contributed by atoms with van der Waals surface area (Å²) in [7, 11) is 0. The fourth-order valence-corrected chi connectivity index (χ4v) is 8.11. The molecule has 3 heteroatoms. The van der Waals surface area contributed by atoms with Gasteiger partial charge < -0.3 is 0 Å². The first kappa shape index (κ1) is 28.6. The molecule has 1 aromatic heterocycles. The zero-order chi connectivity index (χ0) is 33.2. The largest absolute Gasteiger partial charge is 0.338 e. The van der Waals surface area contributed by atoms with Crippen LogP contribution in [-0.2, 0) is 6.42 Å². The smallest absolute Gasteiger partial charge is 0.264 e. The van der Waals surface area contributed by atoms with Crippen LogP contribution < -0.4 is 5.69 Å². The molecule has 0 N–H and O–H groups in total. The Balaban J connectivity index is 1.15. The normalized spacial score (nSPS) is 12.6. The Kier molecular flexibility index (Phi) is 6.47. The molecule has 3 nitrogen and oxygen atoms in total. The molecule has 10 rings (SSSR count). The van der Waals surface area contributed by atoms with Crippen LogP contribution in [0.1, 0.15) is 17.8 Å². The van der Waals surface area contributed by atoms with Gasteiger partial charge in [0, 0.05) is 0 Å². The van der Waals surface area contributed by atoms with Gasteiger partial charge in [0.25, 0.3) is 0 Å². The lowest BCUT2D eigenvalue weighted by Gasteiger charge is -2.14. The molecule has 0 saturated heterocycles. The van der Waals surface area contributed by atoms with Crippen LogP contribution in [0.25, 0.3) is 82.8 Å². The van der Waals surface area contributed by atoms with Crippen molar-refractivity contribution in [1.82, 2.24) is 9.13 Å². The molecule has 50 heavy (non-hydrogen) atoms. The van der Waals surface area contributed by atoms with E-state index < -0.39 is 0 Å². The number of rotatable bonds is 4. The molecule has 0 bridgehead atoms. The summed E-state index contributed by atoms with van der Waals surface area (Å²) in [6.07, 6.45) is 6.00. The maximum absolute atomic E-state index is 14.7. The second-order valence-electron chi connectivity index (χ2n) is 13.2. The molecule has 1 heterocycles. The lowest BCUT2D eigenvalue weighted by Crippen LogP contribution is -2.23. The van der Waals surface area contributed by atoms with Gasteiger partial charge in [-0.05, 0) is 121 Å². The maximum Gasteiger partial charge on any atom is 0.338 e. The molecular weight excluding hydrogens is 609 g/mol. The lowest BCUT2D eigenvalue weighted by molar-refractivity contribution is 0.848. The van der Waals surface area contributed by atoms with E-state index in [0.29, 0.717) is 0 Å². The summed E-state index contributed by atoms with van der Waals surface area (Å²) in [5.41, 5.74) is 8.18. The average Bonchev–Trinajstić information content (AvgIpc) is 3.48. The van der Waals surface area contributed by atoms with Crippen molar-refractivity contribution in [1.29, 1.82) is 0 Å². The van der Waals surface area contributed by atoms with Crippen LogP contribution >= 0.6 is 0 Å². The molecule has 0 amide bonds. The Labute approximate surface area is 289 Å². The Morgan fingerprint density at radius 3 is 1.48 bits per heavy atom. The molecule has 0 fully saturated rings. The molecule has 1 aliphatic carbocycles. The quantitative estimate of drug-likeness (QED) is 0.176. The van der Waals surface area contributed by atoms with Crippen molar-refractivity contribution in [3.63, 3.8) is 0 Å². The molecule has 8 aromatic carbocycles. The number of hydrogen-bond acceptors (Lipinski definition) is 1. The summed E-state index contributed by atoms with van der Waals surface area (Å²) in [5, 5.41) is 9.77. The van der Waals surface area contributed by atoms with Crippen molar-refractivity contribution in [2.45, 2.75) is 12.8 Å². The van der Waals surface area contributed by atoms with E-state index in [0.717, 1.165) is 57.9 Å². The monoisotopic (exact) mass is 640 g/mol. The van der Waals surface area contributed by atoms with E-state index in [1.807, 2.05) is 9.13 Å². The summed E-state index contributed by atoms with van der Waals surface area (Å²) >= 11 is 0. The number of aromatic nitrogens is 2. The number of imidazole rings is 1. The minimum Gasteiger partial charge on any atom is -0.264 e. The van der Waals surface area contributed by atoms with Crippen molar-refractivity contribution in [2.75, 3.05) is 0 Å². The van der Waals surface area contributed by atoms with Gasteiger partial charge in [0.15, 0.2) is 0 Å². The molecule has 0 aliphatic heterocycles. The molecule has 0 saturated carbocycles. The van der Waals surface area contributed by atoms with Crippen molar-refractivity contribution in [2.24, 2.45) is 0 Å². The summed E-state index contributed by atoms with van der Waals surface area (Å²) < 4.78 is 3.83. The van der Waals surface area contributed by atoms with E-state index in [9.17, 15) is 4.79 Å². The van der Waals surface area contributed by atoms with Crippen LogP contribution in [-0.4, -0.2) is 9.13 Å². The standard InChI is InChI=1S/C47H32N2O/c50-47-48(35-17-11-15-31(27-35)43-29-33-13-1-3-19-37(33)39-21-5-7-23-41(39)43)45-25-9-10-26-46(45)49(47)36-18-12-16-32(28-36)44-30-34-14-2-4-20-38(34)40-22-6-8-24-42(40)44/h1-9,11-25,27-30H,10,26H2. The molecule has 0 unspecified atom stereocenters. The van der Waals surface area contributed by atoms with Crippen LogP contribution in [0.3, 0.4) is 0 Å². The van der Waals surface area contributed by atoms with E-state index in [1.54, 1.807) is 0 Å². The third kappa shape index (κ3) is 4.40. The summed E-state index contributed by atoms with van der Waals surface area (Å²) in [4.78, 5) is 14.7. The Morgan fingerprint density at radius 2 is 0.920 bits per heavy atom. The zero-order valence-electron chi connectivity index (χ0n) is 27.4. The SMILES string of the molecule is O=c1n(-c2cccc(-c3cc4ccccc4c4ccccc34)c2)c2c(n1-c1cccc(-c3cc4ccccc4c4ccccc34)c1)CCC=C2. The van der Waals surface area contributed by atoms with Crippen LogP contribution in [0, 0.1) is 0 Å². The second kappa shape index (κ2) is 11.3. The maximum atomic E-state index is 14.7. The van der Waals surface area contributed by atoms with Crippen molar-refractivity contribution < 1.29 is 0 Å². The first-order valence-electron chi connectivity index (χ1n) is 17.3. The number of benzene rings is 8. The van der Waals surface area contributed by atoms with Gasteiger partial charge in [-0.15, -0.1) is 0 Å². The lowest BCUT2D eigenvalue weighted by atomic mass is 9.93. The number of fused-ring (bicyclic) bond motifs is 7. The van der Waals surface area contributed by atoms with E-state index in [1.165, 1.54) is 43.1 Å². The molecule has 0 radical (unpaired) electrons. The van der Waals surface area contributed by atoms with Crippen molar-refractivity contribution >= 4 is 49.2 Å². The van der Waals surface area contributed by atoms with Gasteiger partial charge in [-0.2, -0.15) is 0 Å². The fourth-order valence-electron chi connectivity index (χ4n) is 8.11. The summed E-state index contributed by atoms with van der Waals surface area (Å²) in [5.74, 6) is 0. The molecule has 9 aromatic rings. The predicted octanol–water partition coefficient (Wildman–Crippen LogP) is 11.5. The number of hydrogen-bond donors (Lipinski definition) is 0. The highest BCUT2D eigenvalue weighted by molar-refractivity contribution is 6.15. The van der Waals surface area contributed by atoms with Crippen LogP contribution in [0.15, 0.2) is 169 Å². The van der Waals surface area contributed by atoms with Crippen LogP contribution in [0.2, 0.25) is 0 Å². The van der Waals surface area contributed by atoms with Crippen molar-refractivity contribution in [3.05, 3.63) is 186 Å². The van der Waals surface area contributed by atoms with Gasteiger partial charge in [-0.1, -0.05) is 127 Å². The number of allylic oxidation sites excluding steroid dienone is 1. The Morgan fingerprint density at radius 1 is 0.440 bits per heavy atom. The highest BCUT2D eigenvalue weighted by Gasteiger charge is 2.23. The molecule has 0 atom stereocenters. The fraction of sp³-hybridized carbons (Fsp3) is 0.0426. The third-order valence-corrected chi connectivity index (χ3v) is 10.4. The zero-order valence-corrected chi connectivity index (χ0v) is 27.4.